The van der Waals surface area contributed by atoms with E-state index in [4.69, 9.17) is 5.11 Å². The van der Waals surface area contributed by atoms with Crippen LogP contribution in [0.4, 0.5) is 0 Å². The molecule has 1 spiro atoms. The van der Waals surface area contributed by atoms with Crippen molar-refractivity contribution in [3.05, 3.63) is 34.9 Å². The Labute approximate surface area is 138 Å². The molecule has 0 aromatic heterocycles. The maximum Gasteiger partial charge on any atom is 0.303 e. The molecule has 0 aliphatic carbocycles. The lowest BCUT2D eigenvalue weighted by Crippen LogP contribution is -2.50. The van der Waals surface area contributed by atoms with Crippen molar-refractivity contribution in [3.8, 4) is 0 Å². The summed E-state index contributed by atoms with van der Waals surface area (Å²) in [7, 11) is 0. The first kappa shape index (κ1) is 16.5. The van der Waals surface area contributed by atoms with Gasteiger partial charge in [0, 0.05) is 18.5 Å². The number of piperidine rings is 1. The number of nitrogens with one attached hydrogen (secondary N) is 1. The fraction of sp³-hybridized carbons (Fsp3) is 0.632. The molecule has 126 valence electrons. The summed E-state index contributed by atoms with van der Waals surface area (Å²) in [5.74, 6) is -0.714. The molecule has 23 heavy (non-hydrogen) atoms. The van der Waals surface area contributed by atoms with Crippen molar-refractivity contribution in [1.82, 2.24) is 10.2 Å². The van der Waals surface area contributed by atoms with Crippen molar-refractivity contribution in [1.29, 1.82) is 0 Å². The standard InChI is InChI=1S/C19H28N2O2/c1-15-3-4-17(16(13-15)5-6-18(22)23)14-21-12-2-7-19(21)8-10-20-11-9-19/h3-4,13,20H,2,5-12,14H2,1H3,(H,22,23). The molecule has 0 bridgehead atoms. The van der Waals surface area contributed by atoms with E-state index < -0.39 is 5.97 Å². The van der Waals surface area contributed by atoms with Crippen molar-refractivity contribution < 1.29 is 9.90 Å². The predicted molar refractivity (Wildman–Crippen MR) is 91.6 cm³/mol. The van der Waals surface area contributed by atoms with Crippen LogP contribution in [0.5, 0.6) is 0 Å². The average molecular weight is 316 g/mol. The van der Waals surface area contributed by atoms with Crippen molar-refractivity contribution in [3.63, 3.8) is 0 Å². The molecule has 0 unspecified atom stereocenters. The smallest absolute Gasteiger partial charge is 0.303 e. The average Bonchev–Trinajstić information content (AvgIpc) is 2.90. The van der Waals surface area contributed by atoms with E-state index in [-0.39, 0.29) is 6.42 Å². The largest absolute Gasteiger partial charge is 0.481 e. The molecule has 2 aliphatic rings. The number of nitrogens with zero attached hydrogens (tertiary/aromatic N) is 1. The van der Waals surface area contributed by atoms with Crippen LogP contribution in [0.15, 0.2) is 18.2 Å². The number of aryl methyl sites for hydroxylation is 2. The molecular formula is C19H28N2O2. The number of hydrogen-bond acceptors (Lipinski definition) is 3. The minimum absolute atomic E-state index is 0.214. The van der Waals surface area contributed by atoms with E-state index in [9.17, 15) is 4.79 Å². The Morgan fingerprint density at radius 2 is 2.04 bits per heavy atom. The van der Waals surface area contributed by atoms with Gasteiger partial charge in [-0.2, -0.15) is 0 Å². The number of carboxylic acid groups (broad SMARTS) is 1. The van der Waals surface area contributed by atoms with E-state index in [1.54, 1.807) is 0 Å². The van der Waals surface area contributed by atoms with Gasteiger partial charge in [-0.05, 0) is 69.8 Å². The summed E-state index contributed by atoms with van der Waals surface area (Å²) in [5.41, 5.74) is 4.12. The molecule has 2 heterocycles. The monoisotopic (exact) mass is 316 g/mol. The maximum atomic E-state index is 10.9. The van der Waals surface area contributed by atoms with Crippen LogP contribution in [0, 0.1) is 6.92 Å². The van der Waals surface area contributed by atoms with Crippen LogP contribution in [-0.4, -0.2) is 41.1 Å². The number of benzene rings is 1. The summed E-state index contributed by atoms with van der Waals surface area (Å²) in [6, 6.07) is 6.54. The zero-order valence-corrected chi connectivity index (χ0v) is 14.1. The van der Waals surface area contributed by atoms with Gasteiger partial charge in [0.2, 0.25) is 0 Å². The number of rotatable bonds is 5. The maximum absolute atomic E-state index is 10.9. The molecule has 4 nitrogen and oxygen atoms in total. The highest BCUT2D eigenvalue weighted by molar-refractivity contribution is 5.67. The van der Waals surface area contributed by atoms with E-state index in [0.717, 1.165) is 19.6 Å². The van der Waals surface area contributed by atoms with Crippen LogP contribution in [0.1, 0.15) is 48.8 Å². The van der Waals surface area contributed by atoms with Gasteiger partial charge in [0.05, 0.1) is 0 Å². The number of likely N-dealkylation sites (tertiary alicyclic amines) is 1. The van der Waals surface area contributed by atoms with Gasteiger partial charge >= 0.3 is 5.97 Å². The lowest BCUT2D eigenvalue weighted by molar-refractivity contribution is -0.136. The lowest BCUT2D eigenvalue weighted by atomic mass is 9.85. The second-order valence-electron chi connectivity index (χ2n) is 7.17. The third kappa shape index (κ3) is 3.75. The zero-order valence-electron chi connectivity index (χ0n) is 14.1. The first-order valence-electron chi connectivity index (χ1n) is 8.85. The first-order valence-corrected chi connectivity index (χ1v) is 8.85. The topological polar surface area (TPSA) is 52.6 Å². The highest BCUT2D eigenvalue weighted by Crippen LogP contribution is 2.38. The molecule has 0 atom stereocenters. The zero-order chi connectivity index (χ0) is 16.3. The van der Waals surface area contributed by atoms with Crippen molar-refractivity contribution in [2.45, 2.75) is 57.5 Å². The molecule has 2 fully saturated rings. The van der Waals surface area contributed by atoms with Crippen LogP contribution < -0.4 is 5.32 Å². The van der Waals surface area contributed by atoms with Crippen molar-refractivity contribution >= 4 is 5.97 Å². The Morgan fingerprint density at radius 1 is 1.26 bits per heavy atom. The molecule has 2 aliphatic heterocycles. The van der Waals surface area contributed by atoms with Crippen LogP contribution in [-0.2, 0) is 17.8 Å². The Bertz CT molecular complexity index is 564. The summed E-state index contributed by atoms with van der Waals surface area (Å²) >= 11 is 0. The molecular weight excluding hydrogens is 288 g/mol. The molecule has 2 saturated heterocycles. The van der Waals surface area contributed by atoms with E-state index >= 15 is 0 Å². The van der Waals surface area contributed by atoms with Crippen LogP contribution in [0.2, 0.25) is 0 Å². The van der Waals surface area contributed by atoms with Crippen molar-refractivity contribution in [2.24, 2.45) is 0 Å². The SMILES string of the molecule is Cc1ccc(CN2CCCC23CCNCC3)c(CCC(=O)O)c1. The molecule has 0 amide bonds. The van der Waals surface area contributed by atoms with E-state index in [2.05, 4.69) is 35.3 Å². The van der Waals surface area contributed by atoms with E-state index in [0.29, 0.717) is 12.0 Å². The number of aliphatic carboxylic acids is 1. The minimum atomic E-state index is -0.714. The Balaban J connectivity index is 1.77. The second kappa shape index (κ2) is 7.02. The molecule has 2 N–H and O–H groups in total. The van der Waals surface area contributed by atoms with E-state index in [1.807, 2.05) is 0 Å². The second-order valence-corrected chi connectivity index (χ2v) is 7.17. The number of carboxylic acids is 1. The molecule has 1 aromatic carbocycles. The van der Waals surface area contributed by atoms with Crippen LogP contribution in [0.3, 0.4) is 0 Å². The van der Waals surface area contributed by atoms with Gasteiger partial charge in [0.15, 0.2) is 0 Å². The van der Waals surface area contributed by atoms with Crippen LogP contribution in [0.25, 0.3) is 0 Å². The quantitative estimate of drug-likeness (QED) is 0.877. The van der Waals surface area contributed by atoms with E-state index in [1.165, 1.54) is 48.9 Å². The number of carbonyl (C=O) groups is 1. The van der Waals surface area contributed by atoms with Crippen molar-refractivity contribution in [2.75, 3.05) is 19.6 Å². The Hall–Kier alpha value is -1.39. The summed E-state index contributed by atoms with van der Waals surface area (Å²) in [5, 5.41) is 12.5. The van der Waals surface area contributed by atoms with Gasteiger partial charge in [-0.15, -0.1) is 0 Å². The fourth-order valence-corrected chi connectivity index (χ4v) is 4.29. The fourth-order valence-electron chi connectivity index (χ4n) is 4.29. The molecule has 4 heteroatoms. The molecule has 0 saturated carbocycles. The van der Waals surface area contributed by atoms with Gasteiger partial charge < -0.3 is 10.4 Å². The highest BCUT2D eigenvalue weighted by Gasteiger charge is 2.41. The van der Waals surface area contributed by atoms with Gasteiger partial charge in [-0.3, -0.25) is 9.69 Å². The summed E-state index contributed by atoms with van der Waals surface area (Å²) in [4.78, 5) is 13.6. The minimum Gasteiger partial charge on any atom is -0.481 e. The van der Waals surface area contributed by atoms with Gasteiger partial charge in [0.1, 0.15) is 0 Å². The number of hydrogen-bond donors (Lipinski definition) is 2. The highest BCUT2D eigenvalue weighted by atomic mass is 16.4. The van der Waals surface area contributed by atoms with Gasteiger partial charge in [-0.1, -0.05) is 23.8 Å². The molecule has 0 radical (unpaired) electrons. The molecule has 3 rings (SSSR count). The predicted octanol–water partition coefficient (Wildman–Crippen LogP) is 2.73. The first-order chi connectivity index (χ1) is 11.1. The molecule has 1 aromatic rings. The Kier molecular flexibility index (Phi) is 5.02. The third-order valence-electron chi connectivity index (χ3n) is 5.61. The summed E-state index contributed by atoms with van der Waals surface area (Å²) in [6.07, 6.45) is 5.92. The summed E-state index contributed by atoms with van der Waals surface area (Å²) in [6.45, 7) is 6.46. The normalized spacial score (nSPS) is 20.9. The summed E-state index contributed by atoms with van der Waals surface area (Å²) < 4.78 is 0. The Morgan fingerprint density at radius 3 is 2.78 bits per heavy atom. The van der Waals surface area contributed by atoms with Gasteiger partial charge in [-0.25, -0.2) is 0 Å². The lowest BCUT2D eigenvalue weighted by Gasteiger charge is -2.42. The van der Waals surface area contributed by atoms with Gasteiger partial charge in [0.25, 0.3) is 0 Å². The third-order valence-corrected chi connectivity index (χ3v) is 5.61. The van der Waals surface area contributed by atoms with Crippen LogP contribution >= 0.6 is 0 Å².